The fourth-order valence-electron chi connectivity index (χ4n) is 6.27. The summed E-state index contributed by atoms with van der Waals surface area (Å²) in [6.45, 7) is 12.0. The van der Waals surface area contributed by atoms with Gasteiger partial charge in [0, 0.05) is 46.9 Å². The normalized spacial score (nSPS) is 14.1. The van der Waals surface area contributed by atoms with Gasteiger partial charge < -0.3 is 15.2 Å². The van der Waals surface area contributed by atoms with E-state index in [2.05, 4.69) is 60.7 Å². The zero-order valence-corrected chi connectivity index (χ0v) is 27.5. The number of aryl methyl sites for hydroxylation is 2. The minimum atomic E-state index is -0.318. The fourth-order valence-corrected chi connectivity index (χ4v) is 6.27. The van der Waals surface area contributed by atoms with E-state index in [1.807, 2.05) is 73.3 Å². The monoisotopic (exact) mass is 616 g/mol. The quantitative estimate of drug-likeness (QED) is 0.173. The predicted molar refractivity (Wildman–Crippen MR) is 186 cm³/mol. The molecular formula is C38H44N6O2. The molecule has 5 aromatic rings. The van der Waals surface area contributed by atoms with E-state index < -0.39 is 0 Å². The lowest BCUT2D eigenvalue weighted by Crippen LogP contribution is -2.39. The Morgan fingerprint density at radius 3 is 2.30 bits per heavy atom. The molecule has 1 saturated heterocycles. The number of aromatic amines is 1. The van der Waals surface area contributed by atoms with E-state index in [1.54, 1.807) is 4.68 Å². The summed E-state index contributed by atoms with van der Waals surface area (Å²) < 4.78 is 1.78. The number of anilines is 2. The SMILES string of the molecule is Cc1ccc(-n2nc(C(C)(C)C)cc2NC(=O)Nc2ccc(CC3CCN(C(=O)Cc4c(C)[nH]c5ccccc45)CC3)cc2)cc1. The van der Waals surface area contributed by atoms with Gasteiger partial charge in [-0.25, -0.2) is 9.48 Å². The largest absolute Gasteiger partial charge is 0.358 e. The first-order valence-corrected chi connectivity index (χ1v) is 16.2. The van der Waals surface area contributed by atoms with Crippen molar-refractivity contribution in [2.75, 3.05) is 23.7 Å². The second-order valence-corrected chi connectivity index (χ2v) is 13.7. The molecule has 8 heteroatoms. The number of urea groups is 1. The van der Waals surface area contributed by atoms with Crippen LogP contribution in [0, 0.1) is 19.8 Å². The summed E-state index contributed by atoms with van der Waals surface area (Å²) in [5, 5.41) is 11.9. The third-order valence-corrected chi connectivity index (χ3v) is 9.06. The Labute approximate surface area is 271 Å². The minimum Gasteiger partial charge on any atom is -0.358 e. The van der Waals surface area contributed by atoms with E-state index in [9.17, 15) is 9.59 Å². The standard InChI is InChI=1S/C38H44N6O2/c1-25-10-16-30(17-11-25)44-35(24-34(42-44)38(3,4)5)41-37(46)40-29-14-12-27(13-15-29)22-28-18-20-43(21-19-28)36(45)23-32-26(2)39-33-9-7-6-8-31(32)33/h6-17,24,28,39H,18-23H2,1-5H3,(H2,40,41,46). The lowest BCUT2D eigenvalue weighted by Gasteiger charge is -2.32. The summed E-state index contributed by atoms with van der Waals surface area (Å²) in [5.41, 5.74) is 8.01. The van der Waals surface area contributed by atoms with E-state index in [0.29, 0.717) is 18.2 Å². The maximum Gasteiger partial charge on any atom is 0.324 e. The molecule has 0 unspecified atom stereocenters. The van der Waals surface area contributed by atoms with Crippen LogP contribution in [0.5, 0.6) is 0 Å². The van der Waals surface area contributed by atoms with Gasteiger partial charge in [-0.05, 0) is 80.5 Å². The third kappa shape index (κ3) is 7.01. The van der Waals surface area contributed by atoms with Gasteiger partial charge in [0.2, 0.25) is 5.91 Å². The van der Waals surface area contributed by atoms with Crippen LogP contribution in [-0.2, 0) is 23.1 Å². The van der Waals surface area contributed by atoms with E-state index >= 15 is 0 Å². The van der Waals surface area contributed by atoms with Gasteiger partial charge in [0.15, 0.2) is 0 Å². The van der Waals surface area contributed by atoms with Crippen molar-refractivity contribution in [2.45, 2.75) is 65.7 Å². The van der Waals surface area contributed by atoms with Crippen LogP contribution < -0.4 is 10.6 Å². The van der Waals surface area contributed by atoms with Crippen molar-refractivity contribution in [1.82, 2.24) is 19.7 Å². The molecule has 0 spiro atoms. The van der Waals surface area contributed by atoms with Crippen molar-refractivity contribution < 1.29 is 9.59 Å². The number of benzene rings is 3. The van der Waals surface area contributed by atoms with Crippen molar-refractivity contribution in [2.24, 2.45) is 5.92 Å². The third-order valence-electron chi connectivity index (χ3n) is 9.06. The number of amides is 3. The highest BCUT2D eigenvalue weighted by atomic mass is 16.2. The van der Waals surface area contributed by atoms with Gasteiger partial charge in [0.1, 0.15) is 5.82 Å². The Balaban J connectivity index is 1.02. The van der Waals surface area contributed by atoms with Crippen molar-refractivity contribution in [3.05, 3.63) is 107 Å². The van der Waals surface area contributed by atoms with Gasteiger partial charge in [0.25, 0.3) is 0 Å². The molecule has 1 aliphatic heterocycles. The Bertz CT molecular complexity index is 1840. The van der Waals surface area contributed by atoms with Gasteiger partial charge in [0.05, 0.1) is 17.8 Å². The summed E-state index contributed by atoms with van der Waals surface area (Å²) in [6, 6.07) is 26.0. The molecule has 6 rings (SSSR count). The number of fused-ring (bicyclic) bond motifs is 1. The summed E-state index contributed by atoms with van der Waals surface area (Å²) in [5.74, 6) is 1.35. The summed E-state index contributed by atoms with van der Waals surface area (Å²) in [7, 11) is 0. The number of hydrogen-bond acceptors (Lipinski definition) is 3. The first-order valence-electron chi connectivity index (χ1n) is 16.2. The Morgan fingerprint density at radius 1 is 0.913 bits per heavy atom. The number of rotatable bonds is 7. The molecule has 0 aliphatic carbocycles. The summed E-state index contributed by atoms with van der Waals surface area (Å²) in [4.78, 5) is 31.7. The Morgan fingerprint density at radius 2 is 1.61 bits per heavy atom. The second-order valence-electron chi connectivity index (χ2n) is 13.7. The zero-order chi connectivity index (χ0) is 32.4. The molecule has 0 radical (unpaired) electrons. The molecular weight excluding hydrogens is 572 g/mol. The average Bonchev–Trinajstić information content (AvgIpc) is 3.59. The first kappa shape index (κ1) is 31.1. The van der Waals surface area contributed by atoms with E-state index in [4.69, 9.17) is 5.10 Å². The van der Waals surface area contributed by atoms with Crippen molar-refractivity contribution in [3.8, 4) is 5.69 Å². The number of aromatic nitrogens is 3. The number of para-hydroxylation sites is 1. The maximum absolute atomic E-state index is 13.2. The van der Waals surface area contributed by atoms with Crippen molar-refractivity contribution in [1.29, 1.82) is 0 Å². The molecule has 8 nitrogen and oxygen atoms in total. The molecule has 3 amide bonds. The molecule has 1 fully saturated rings. The minimum absolute atomic E-state index is 0.165. The van der Waals surface area contributed by atoms with Crippen LogP contribution in [0.3, 0.4) is 0 Å². The summed E-state index contributed by atoms with van der Waals surface area (Å²) in [6.07, 6.45) is 3.38. The van der Waals surface area contributed by atoms with Crippen LogP contribution in [-0.4, -0.2) is 44.7 Å². The average molecular weight is 617 g/mol. The molecule has 3 heterocycles. The molecule has 0 bridgehead atoms. The molecule has 1 aliphatic rings. The van der Waals surface area contributed by atoms with E-state index in [-0.39, 0.29) is 17.4 Å². The molecule has 3 N–H and O–H groups in total. The van der Waals surface area contributed by atoms with Gasteiger partial charge >= 0.3 is 6.03 Å². The molecule has 2 aromatic heterocycles. The van der Waals surface area contributed by atoms with Crippen LogP contribution in [0.2, 0.25) is 0 Å². The van der Waals surface area contributed by atoms with Gasteiger partial charge in [-0.1, -0.05) is 68.8 Å². The number of H-pyrrole nitrogens is 1. The number of carbonyl (C=O) groups excluding carboxylic acids is 2. The predicted octanol–water partition coefficient (Wildman–Crippen LogP) is 7.94. The molecule has 46 heavy (non-hydrogen) atoms. The van der Waals surface area contributed by atoms with Gasteiger partial charge in [-0.2, -0.15) is 5.10 Å². The molecule has 0 atom stereocenters. The van der Waals surface area contributed by atoms with Crippen LogP contribution in [0.15, 0.2) is 78.9 Å². The van der Waals surface area contributed by atoms with Crippen LogP contribution in [0.25, 0.3) is 16.6 Å². The molecule has 0 saturated carbocycles. The fraction of sp³-hybridized carbons (Fsp3) is 0.342. The lowest BCUT2D eigenvalue weighted by molar-refractivity contribution is -0.131. The number of nitrogens with one attached hydrogen (secondary N) is 3. The summed E-state index contributed by atoms with van der Waals surface area (Å²) >= 11 is 0. The Kier molecular flexibility index (Phi) is 8.71. The van der Waals surface area contributed by atoms with E-state index in [0.717, 1.165) is 77.1 Å². The second kappa shape index (κ2) is 12.9. The topological polar surface area (TPSA) is 95.1 Å². The highest BCUT2D eigenvalue weighted by Crippen LogP contribution is 2.28. The first-order chi connectivity index (χ1) is 22.0. The van der Waals surface area contributed by atoms with Crippen molar-refractivity contribution >= 4 is 34.3 Å². The van der Waals surface area contributed by atoms with Crippen LogP contribution >= 0.6 is 0 Å². The maximum atomic E-state index is 13.2. The smallest absolute Gasteiger partial charge is 0.324 e. The lowest BCUT2D eigenvalue weighted by atomic mass is 9.90. The van der Waals surface area contributed by atoms with Crippen LogP contribution in [0.4, 0.5) is 16.3 Å². The number of likely N-dealkylation sites (tertiary alicyclic amines) is 1. The van der Waals surface area contributed by atoms with Crippen LogP contribution in [0.1, 0.15) is 61.7 Å². The van der Waals surface area contributed by atoms with E-state index in [1.165, 1.54) is 5.56 Å². The number of carbonyl (C=O) groups is 2. The van der Waals surface area contributed by atoms with Crippen molar-refractivity contribution in [3.63, 3.8) is 0 Å². The zero-order valence-electron chi connectivity index (χ0n) is 27.5. The van der Waals surface area contributed by atoms with Gasteiger partial charge in [-0.15, -0.1) is 0 Å². The number of nitrogens with zero attached hydrogens (tertiary/aromatic N) is 3. The highest BCUT2D eigenvalue weighted by molar-refractivity contribution is 5.99. The molecule has 238 valence electrons. The number of hydrogen-bond donors (Lipinski definition) is 3. The molecule has 3 aromatic carbocycles. The number of piperidine rings is 1. The van der Waals surface area contributed by atoms with Gasteiger partial charge in [-0.3, -0.25) is 10.1 Å². The highest BCUT2D eigenvalue weighted by Gasteiger charge is 2.25. The Hall–Kier alpha value is -4.85.